The zero-order chi connectivity index (χ0) is 18.9. The van der Waals surface area contributed by atoms with Crippen molar-refractivity contribution in [2.45, 2.75) is 19.9 Å². The highest BCUT2D eigenvalue weighted by atomic mass is 32.1. The van der Waals surface area contributed by atoms with Crippen molar-refractivity contribution in [3.8, 4) is 0 Å². The summed E-state index contributed by atoms with van der Waals surface area (Å²) >= 11 is 5.71. The number of ether oxygens (including phenoxy) is 1. The molecule has 0 saturated carbocycles. The van der Waals surface area contributed by atoms with Crippen LogP contribution in [0, 0.1) is 6.92 Å². The van der Waals surface area contributed by atoms with Crippen molar-refractivity contribution in [1.29, 1.82) is 0 Å². The number of rotatable bonds is 7. The number of pyridine rings is 1. The second kappa shape index (κ2) is 10.3. The maximum atomic E-state index is 5.71. The second-order valence-corrected chi connectivity index (χ2v) is 7.27. The SMILES string of the molecule is Cc1ccc(CN(CCCN2CCOCC2)C(=S)Nc2cccnc2)cc1. The van der Waals surface area contributed by atoms with Gasteiger partial charge in [0.15, 0.2) is 5.11 Å². The van der Waals surface area contributed by atoms with E-state index in [0.717, 1.165) is 63.2 Å². The summed E-state index contributed by atoms with van der Waals surface area (Å²) in [4.78, 5) is 8.86. The van der Waals surface area contributed by atoms with Crippen LogP contribution in [0.25, 0.3) is 0 Å². The van der Waals surface area contributed by atoms with Crippen molar-refractivity contribution >= 4 is 23.0 Å². The van der Waals surface area contributed by atoms with Crippen LogP contribution in [0.15, 0.2) is 48.8 Å². The minimum atomic E-state index is 0.741. The summed E-state index contributed by atoms with van der Waals surface area (Å²) in [5.41, 5.74) is 3.46. The average molecular weight is 385 g/mol. The lowest BCUT2D eigenvalue weighted by Gasteiger charge is -2.29. The van der Waals surface area contributed by atoms with Crippen molar-refractivity contribution in [2.24, 2.45) is 0 Å². The molecule has 0 amide bonds. The van der Waals surface area contributed by atoms with Crippen LogP contribution < -0.4 is 5.32 Å². The van der Waals surface area contributed by atoms with Gasteiger partial charge in [0.1, 0.15) is 0 Å². The summed E-state index contributed by atoms with van der Waals surface area (Å²) in [6.45, 7) is 8.63. The number of nitrogens with zero attached hydrogens (tertiary/aromatic N) is 3. The Morgan fingerprint density at radius 2 is 2.00 bits per heavy atom. The van der Waals surface area contributed by atoms with Gasteiger partial charge in [0.05, 0.1) is 25.1 Å². The molecule has 1 N–H and O–H groups in total. The van der Waals surface area contributed by atoms with Gasteiger partial charge in [-0.2, -0.15) is 0 Å². The number of nitrogens with one attached hydrogen (secondary N) is 1. The number of aryl methyl sites for hydroxylation is 1. The summed E-state index contributed by atoms with van der Waals surface area (Å²) in [6, 6.07) is 12.6. The number of morpholine rings is 1. The van der Waals surface area contributed by atoms with Gasteiger partial charge >= 0.3 is 0 Å². The number of hydrogen-bond acceptors (Lipinski definition) is 4. The van der Waals surface area contributed by atoms with E-state index in [-0.39, 0.29) is 0 Å². The third-order valence-electron chi connectivity index (χ3n) is 4.70. The quantitative estimate of drug-likeness (QED) is 0.739. The van der Waals surface area contributed by atoms with E-state index in [1.54, 1.807) is 12.4 Å². The topological polar surface area (TPSA) is 40.6 Å². The molecule has 144 valence electrons. The maximum Gasteiger partial charge on any atom is 0.173 e. The van der Waals surface area contributed by atoms with Crippen molar-refractivity contribution in [3.05, 3.63) is 59.9 Å². The van der Waals surface area contributed by atoms with Gasteiger partial charge in [-0.15, -0.1) is 0 Å². The first-order valence-electron chi connectivity index (χ1n) is 9.52. The fourth-order valence-corrected chi connectivity index (χ4v) is 3.39. The number of anilines is 1. The van der Waals surface area contributed by atoms with Crippen LogP contribution in [0.1, 0.15) is 17.5 Å². The Kier molecular flexibility index (Phi) is 7.56. The van der Waals surface area contributed by atoms with Gasteiger partial charge in [-0.25, -0.2) is 0 Å². The molecule has 0 aliphatic carbocycles. The lowest BCUT2D eigenvalue weighted by molar-refractivity contribution is 0.0368. The number of hydrogen-bond donors (Lipinski definition) is 1. The first kappa shape index (κ1) is 19.7. The number of benzene rings is 1. The van der Waals surface area contributed by atoms with Crippen molar-refractivity contribution in [2.75, 3.05) is 44.7 Å². The number of thiocarbonyl (C=S) groups is 1. The number of aromatic nitrogens is 1. The molecule has 1 fully saturated rings. The molecule has 6 heteroatoms. The molecule has 1 saturated heterocycles. The lowest BCUT2D eigenvalue weighted by atomic mass is 10.1. The predicted molar refractivity (Wildman–Crippen MR) is 114 cm³/mol. The molecule has 0 bridgehead atoms. The zero-order valence-corrected chi connectivity index (χ0v) is 16.8. The van der Waals surface area contributed by atoms with Crippen LogP contribution in [0.3, 0.4) is 0 Å². The van der Waals surface area contributed by atoms with Gasteiger partial charge in [-0.05, 0) is 43.3 Å². The summed E-state index contributed by atoms with van der Waals surface area (Å²) in [6.07, 6.45) is 4.63. The monoisotopic (exact) mass is 384 g/mol. The van der Waals surface area contributed by atoms with Gasteiger partial charge < -0.3 is 15.0 Å². The highest BCUT2D eigenvalue weighted by Crippen LogP contribution is 2.11. The highest BCUT2D eigenvalue weighted by molar-refractivity contribution is 7.80. The minimum Gasteiger partial charge on any atom is -0.379 e. The van der Waals surface area contributed by atoms with E-state index in [2.05, 4.69) is 51.3 Å². The third-order valence-corrected chi connectivity index (χ3v) is 5.06. The lowest BCUT2D eigenvalue weighted by Crippen LogP contribution is -2.40. The van der Waals surface area contributed by atoms with E-state index in [9.17, 15) is 0 Å². The van der Waals surface area contributed by atoms with E-state index in [4.69, 9.17) is 17.0 Å². The Hall–Kier alpha value is -2.02. The van der Waals surface area contributed by atoms with Crippen molar-refractivity contribution in [1.82, 2.24) is 14.8 Å². The molecule has 3 rings (SSSR count). The highest BCUT2D eigenvalue weighted by Gasteiger charge is 2.14. The fraction of sp³-hybridized carbons (Fsp3) is 0.429. The standard InChI is InChI=1S/C21H28N4OS/c1-18-5-7-19(8-6-18)17-25(11-3-10-24-12-14-26-15-13-24)21(27)23-20-4-2-9-22-16-20/h2,4-9,16H,3,10-15,17H2,1H3,(H,23,27). The molecule has 2 heterocycles. The maximum absolute atomic E-state index is 5.71. The van der Waals surface area contributed by atoms with Crippen molar-refractivity contribution in [3.63, 3.8) is 0 Å². The fourth-order valence-electron chi connectivity index (χ4n) is 3.12. The van der Waals surface area contributed by atoms with Gasteiger partial charge in [-0.3, -0.25) is 9.88 Å². The van der Waals surface area contributed by atoms with Crippen LogP contribution in [-0.4, -0.2) is 59.3 Å². The van der Waals surface area contributed by atoms with Crippen LogP contribution in [0.4, 0.5) is 5.69 Å². The summed E-state index contributed by atoms with van der Waals surface area (Å²) in [5.74, 6) is 0. The van der Waals surface area contributed by atoms with E-state index in [0.29, 0.717) is 0 Å². The van der Waals surface area contributed by atoms with Crippen LogP contribution in [-0.2, 0) is 11.3 Å². The molecule has 1 aliphatic heterocycles. The molecule has 5 nitrogen and oxygen atoms in total. The van der Waals surface area contributed by atoms with Crippen LogP contribution >= 0.6 is 12.2 Å². The molecule has 1 aromatic heterocycles. The van der Waals surface area contributed by atoms with Gasteiger partial charge in [0.25, 0.3) is 0 Å². The zero-order valence-electron chi connectivity index (χ0n) is 15.9. The molecular weight excluding hydrogens is 356 g/mol. The smallest absolute Gasteiger partial charge is 0.173 e. The predicted octanol–water partition coefficient (Wildman–Crippen LogP) is 3.31. The van der Waals surface area contributed by atoms with Crippen molar-refractivity contribution < 1.29 is 4.74 Å². The molecule has 0 atom stereocenters. The Balaban J connectivity index is 1.59. The Morgan fingerprint density at radius 3 is 2.70 bits per heavy atom. The normalized spacial score (nSPS) is 14.7. The first-order valence-corrected chi connectivity index (χ1v) is 9.93. The summed E-state index contributed by atoms with van der Waals surface area (Å²) in [7, 11) is 0. The summed E-state index contributed by atoms with van der Waals surface area (Å²) < 4.78 is 5.43. The molecule has 0 unspecified atom stereocenters. The second-order valence-electron chi connectivity index (χ2n) is 6.89. The van der Waals surface area contributed by atoms with Crippen LogP contribution in [0.5, 0.6) is 0 Å². The van der Waals surface area contributed by atoms with Gasteiger partial charge in [0, 0.05) is 38.9 Å². The van der Waals surface area contributed by atoms with E-state index < -0.39 is 0 Å². The Morgan fingerprint density at radius 1 is 1.22 bits per heavy atom. The average Bonchev–Trinajstić information content (AvgIpc) is 2.70. The van der Waals surface area contributed by atoms with E-state index in [1.165, 1.54) is 11.1 Å². The molecule has 2 aromatic rings. The largest absolute Gasteiger partial charge is 0.379 e. The molecule has 0 spiro atoms. The first-order chi connectivity index (χ1) is 13.2. The van der Waals surface area contributed by atoms with Gasteiger partial charge in [0.2, 0.25) is 0 Å². The Labute approximate surface area is 167 Å². The minimum absolute atomic E-state index is 0.741. The van der Waals surface area contributed by atoms with Crippen LogP contribution in [0.2, 0.25) is 0 Å². The molecule has 0 radical (unpaired) electrons. The van der Waals surface area contributed by atoms with Gasteiger partial charge in [-0.1, -0.05) is 29.8 Å². The molecule has 27 heavy (non-hydrogen) atoms. The summed E-state index contributed by atoms with van der Waals surface area (Å²) in [5, 5.41) is 4.06. The Bertz CT molecular complexity index is 702. The van der Waals surface area contributed by atoms with E-state index >= 15 is 0 Å². The third kappa shape index (κ3) is 6.57. The van der Waals surface area contributed by atoms with E-state index in [1.807, 2.05) is 12.1 Å². The molecule has 1 aromatic carbocycles. The molecular formula is C21H28N4OS. The molecule has 1 aliphatic rings.